The average molecular weight is 379 g/mol. The zero-order valence-electron chi connectivity index (χ0n) is 13.2. The number of hydrogen-bond acceptors (Lipinski definition) is 6. The zero-order chi connectivity index (χ0) is 18.9. The van der Waals surface area contributed by atoms with Gasteiger partial charge in [0.05, 0.1) is 0 Å². The monoisotopic (exact) mass is 379 g/mol. The topological polar surface area (TPSA) is 107 Å². The van der Waals surface area contributed by atoms with Crippen LogP contribution in [0.15, 0.2) is 47.8 Å². The fraction of sp³-hybridized carbons (Fsp3) is 0.0667. The molecule has 11 heteroatoms. The van der Waals surface area contributed by atoms with E-state index in [4.69, 9.17) is 0 Å². The minimum atomic E-state index is -4.48. The Kier molecular flexibility index (Phi) is 4.47. The number of aryl methyl sites for hydroxylation is 1. The number of rotatable bonds is 4. The van der Waals surface area contributed by atoms with Crippen LogP contribution in [0.5, 0.6) is 0 Å². The number of hydrogen-bond donors (Lipinski definition) is 1. The third-order valence-electron chi connectivity index (χ3n) is 3.32. The van der Waals surface area contributed by atoms with Crippen molar-refractivity contribution in [3.63, 3.8) is 0 Å². The number of halogens is 2. The van der Waals surface area contributed by atoms with Gasteiger partial charge in [-0.05, 0) is 30.7 Å². The van der Waals surface area contributed by atoms with E-state index >= 15 is 0 Å². The number of carbonyl (C=O) groups excluding carboxylic acids is 1. The molecule has 0 aliphatic rings. The van der Waals surface area contributed by atoms with Gasteiger partial charge in [0.1, 0.15) is 17.0 Å². The Morgan fingerprint density at radius 1 is 1.15 bits per heavy atom. The van der Waals surface area contributed by atoms with Crippen molar-refractivity contribution in [2.24, 2.45) is 0 Å². The van der Waals surface area contributed by atoms with Crippen molar-refractivity contribution in [2.45, 2.75) is 11.8 Å². The molecule has 0 bridgehead atoms. The third-order valence-corrected chi connectivity index (χ3v) is 4.67. The van der Waals surface area contributed by atoms with Crippen molar-refractivity contribution >= 4 is 15.9 Å². The molecular weight excluding hydrogens is 368 g/mol. The molecular formula is C15H11F2N5O3S. The highest BCUT2D eigenvalue weighted by Gasteiger charge is 2.25. The molecule has 2 heterocycles. The van der Waals surface area contributed by atoms with Gasteiger partial charge in [-0.2, -0.15) is 4.68 Å². The first kappa shape index (κ1) is 17.6. The predicted octanol–water partition coefficient (Wildman–Crippen LogP) is 1.37. The van der Waals surface area contributed by atoms with Crippen LogP contribution in [-0.2, 0) is 10.0 Å². The summed E-state index contributed by atoms with van der Waals surface area (Å²) in [7, 11) is -4.48. The molecule has 1 amide bonds. The van der Waals surface area contributed by atoms with E-state index in [9.17, 15) is 22.0 Å². The van der Waals surface area contributed by atoms with E-state index in [1.54, 1.807) is 4.72 Å². The van der Waals surface area contributed by atoms with E-state index in [-0.39, 0.29) is 11.4 Å². The summed E-state index contributed by atoms with van der Waals surface area (Å²) in [5, 5.41) is 3.69. The molecule has 26 heavy (non-hydrogen) atoms. The molecule has 0 spiro atoms. The zero-order valence-corrected chi connectivity index (χ0v) is 14.0. The molecule has 1 N–H and O–H groups in total. The van der Waals surface area contributed by atoms with Crippen LogP contribution in [0.4, 0.5) is 8.78 Å². The molecule has 3 aromatic rings. The van der Waals surface area contributed by atoms with Crippen molar-refractivity contribution in [3.8, 4) is 5.82 Å². The number of amides is 1. The molecule has 3 rings (SSSR count). The lowest BCUT2D eigenvalue weighted by atomic mass is 10.2. The number of nitrogens with one attached hydrogen (secondary N) is 1. The standard InChI is InChI=1S/C15H11F2N5O3S/c1-9-4-2-6-11(12(9)17)26(24,25)21-15(23)13-19-8-22(20-13)14-10(16)5-3-7-18-14/h2-8H,1H3,(H,21,23). The van der Waals surface area contributed by atoms with Gasteiger partial charge in [0.25, 0.3) is 10.0 Å². The summed E-state index contributed by atoms with van der Waals surface area (Å²) in [5.74, 6) is -3.64. The fourth-order valence-corrected chi connectivity index (χ4v) is 3.17. The largest absolute Gasteiger partial charge is 0.304 e. The van der Waals surface area contributed by atoms with Gasteiger partial charge >= 0.3 is 5.91 Å². The lowest BCUT2D eigenvalue weighted by molar-refractivity contribution is 0.0971. The van der Waals surface area contributed by atoms with Crippen molar-refractivity contribution in [1.29, 1.82) is 0 Å². The summed E-state index contributed by atoms with van der Waals surface area (Å²) in [5.41, 5.74) is 0.105. The molecule has 8 nitrogen and oxygen atoms in total. The number of aromatic nitrogens is 4. The number of benzene rings is 1. The molecule has 0 radical (unpaired) electrons. The second-order valence-corrected chi connectivity index (χ2v) is 6.79. The molecule has 0 saturated heterocycles. The molecule has 0 aliphatic carbocycles. The summed E-state index contributed by atoms with van der Waals surface area (Å²) in [6.07, 6.45) is 2.31. The third kappa shape index (κ3) is 3.28. The second kappa shape index (κ2) is 6.59. The van der Waals surface area contributed by atoms with Crippen LogP contribution in [-0.4, -0.2) is 34.1 Å². The van der Waals surface area contributed by atoms with E-state index in [0.717, 1.165) is 23.1 Å². The Labute approximate surface area is 146 Å². The van der Waals surface area contributed by atoms with Gasteiger partial charge in [-0.1, -0.05) is 12.1 Å². The molecule has 134 valence electrons. The Morgan fingerprint density at radius 2 is 1.92 bits per heavy atom. The van der Waals surface area contributed by atoms with E-state index in [1.807, 2.05) is 0 Å². The Morgan fingerprint density at radius 3 is 2.65 bits per heavy atom. The number of pyridine rings is 1. The van der Waals surface area contributed by atoms with Crippen molar-refractivity contribution in [3.05, 3.63) is 65.9 Å². The highest BCUT2D eigenvalue weighted by Crippen LogP contribution is 2.17. The normalized spacial score (nSPS) is 11.3. The van der Waals surface area contributed by atoms with E-state index < -0.39 is 38.3 Å². The fourth-order valence-electron chi connectivity index (χ4n) is 2.07. The molecule has 0 atom stereocenters. The smallest absolute Gasteiger partial charge is 0.264 e. The minimum Gasteiger partial charge on any atom is -0.264 e. The second-order valence-electron chi connectivity index (χ2n) is 5.14. The first-order chi connectivity index (χ1) is 12.3. The van der Waals surface area contributed by atoms with Crippen LogP contribution in [0.3, 0.4) is 0 Å². The van der Waals surface area contributed by atoms with Crippen LogP contribution in [0.25, 0.3) is 5.82 Å². The quantitative estimate of drug-likeness (QED) is 0.734. The average Bonchev–Trinajstić information content (AvgIpc) is 3.07. The SMILES string of the molecule is Cc1cccc(S(=O)(=O)NC(=O)c2ncn(-c3ncccc3F)n2)c1F. The summed E-state index contributed by atoms with van der Waals surface area (Å²) in [6, 6.07) is 6.25. The van der Waals surface area contributed by atoms with Gasteiger partial charge in [0.2, 0.25) is 5.82 Å². The molecule has 0 saturated carbocycles. The van der Waals surface area contributed by atoms with Gasteiger partial charge in [-0.25, -0.2) is 31.9 Å². The van der Waals surface area contributed by atoms with Crippen molar-refractivity contribution in [2.75, 3.05) is 0 Å². The summed E-state index contributed by atoms with van der Waals surface area (Å²) >= 11 is 0. The molecule has 1 aromatic carbocycles. The number of carbonyl (C=O) groups is 1. The van der Waals surface area contributed by atoms with E-state index in [1.165, 1.54) is 31.3 Å². The predicted molar refractivity (Wildman–Crippen MR) is 84.9 cm³/mol. The Bertz CT molecular complexity index is 1100. The first-order valence-electron chi connectivity index (χ1n) is 7.14. The lowest BCUT2D eigenvalue weighted by Crippen LogP contribution is -2.32. The number of nitrogens with zero attached hydrogens (tertiary/aromatic N) is 4. The van der Waals surface area contributed by atoms with E-state index in [0.29, 0.717) is 0 Å². The highest BCUT2D eigenvalue weighted by molar-refractivity contribution is 7.90. The highest BCUT2D eigenvalue weighted by atomic mass is 32.2. The Hall–Kier alpha value is -3.21. The Balaban J connectivity index is 1.87. The first-order valence-corrected chi connectivity index (χ1v) is 8.63. The van der Waals surface area contributed by atoms with Crippen molar-refractivity contribution in [1.82, 2.24) is 24.5 Å². The lowest BCUT2D eigenvalue weighted by Gasteiger charge is -2.07. The van der Waals surface area contributed by atoms with Crippen LogP contribution < -0.4 is 4.72 Å². The maximum atomic E-state index is 14.0. The number of sulfonamides is 1. The molecule has 0 aliphatic heterocycles. The van der Waals surface area contributed by atoms with Gasteiger partial charge in [-0.15, -0.1) is 5.10 Å². The maximum absolute atomic E-state index is 14.0. The van der Waals surface area contributed by atoms with Crippen LogP contribution in [0.1, 0.15) is 16.2 Å². The van der Waals surface area contributed by atoms with Gasteiger partial charge in [-0.3, -0.25) is 4.79 Å². The van der Waals surface area contributed by atoms with Crippen LogP contribution in [0, 0.1) is 18.6 Å². The summed E-state index contributed by atoms with van der Waals surface area (Å²) in [4.78, 5) is 18.8. The molecule has 0 unspecified atom stereocenters. The van der Waals surface area contributed by atoms with Gasteiger partial charge in [0.15, 0.2) is 11.6 Å². The van der Waals surface area contributed by atoms with E-state index in [2.05, 4.69) is 15.1 Å². The van der Waals surface area contributed by atoms with Crippen LogP contribution >= 0.6 is 0 Å². The van der Waals surface area contributed by atoms with Crippen LogP contribution in [0.2, 0.25) is 0 Å². The molecule has 0 fully saturated rings. The summed E-state index contributed by atoms with van der Waals surface area (Å²) in [6.45, 7) is 1.39. The molecule has 2 aromatic heterocycles. The summed E-state index contributed by atoms with van der Waals surface area (Å²) < 4.78 is 54.7. The van der Waals surface area contributed by atoms with Gasteiger partial charge in [0, 0.05) is 6.20 Å². The maximum Gasteiger partial charge on any atom is 0.304 e. The van der Waals surface area contributed by atoms with Crippen molar-refractivity contribution < 1.29 is 22.0 Å². The minimum absolute atomic E-state index is 0.105. The van der Waals surface area contributed by atoms with Gasteiger partial charge < -0.3 is 0 Å².